The van der Waals surface area contributed by atoms with Gasteiger partial charge in [0, 0.05) is 6.54 Å². The summed E-state index contributed by atoms with van der Waals surface area (Å²) in [5.74, 6) is 0.565. The number of carbonyl (C=O) groups excluding carboxylic acids is 1. The van der Waals surface area contributed by atoms with Crippen molar-refractivity contribution in [3.63, 3.8) is 0 Å². The minimum atomic E-state index is -0.221. The number of rotatable bonds is 7. The van der Waals surface area contributed by atoms with E-state index < -0.39 is 0 Å². The fraction of sp³-hybridized carbons (Fsp3) is 0.176. The first-order chi connectivity index (χ1) is 10.8. The first kappa shape index (κ1) is 15.6. The standard InChI is InChI=1S/C17H18N2O3/c1-21-16-9-7-15(8-10-16)11-18-17(20)13-22-19-12-14-5-3-2-4-6-14/h2-10,12H,11,13H2,1H3,(H,18,20)/b19-12-. The summed E-state index contributed by atoms with van der Waals surface area (Å²) < 4.78 is 5.07. The van der Waals surface area contributed by atoms with E-state index >= 15 is 0 Å². The van der Waals surface area contributed by atoms with Crippen molar-refractivity contribution in [3.8, 4) is 5.75 Å². The van der Waals surface area contributed by atoms with E-state index in [9.17, 15) is 4.79 Å². The Morgan fingerprint density at radius 2 is 1.86 bits per heavy atom. The van der Waals surface area contributed by atoms with Crippen molar-refractivity contribution in [2.45, 2.75) is 6.54 Å². The van der Waals surface area contributed by atoms with E-state index in [0.29, 0.717) is 6.54 Å². The SMILES string of the molecule is COc1ccc(CNC(=O)CO/N=C\c2ccccc2)cc1. The molecule has 22 heavy (non-hydrogen) atoms. The minimum absolute atomic E-state index is 0.112. The molecule has 0 spiro atoms. The van der Waals surface area contributed by atoms with Crippen molar-refractivity contribution in [2.75, 3.05) is 13.7 Å². The molecule has 0 fully saturated rings. The predicted molar refractivity (Wildman–Crippen MR) is 84.8 cm³/mol. The second-order valence-corrected chi connectivity index (χ2v) is 4.54. The number of benzene rings is 2. The summed E-state index contributed by atoms with van der Waals surface area (Å²) in [7, 11) is 1.62. The largest absolute Gasteiger partial charge is 0.497 e. The van der Waals surface area contributed by atoms with Crippen LogP contribution in [0.5, 0.6) is 5.75 Å². The molecule has 0 bridgehead atoms. The maximum atomic E-state index is 11.6. The van der Waals surface area contributed by atoms with Crippen LogP contribution in [0.15, 0.2) is 59.8 Å². The highest BCUT2D eigenvalue weighted by atomic mass is 16.6. The van der Waals surface area contributed by atoms with Crippen LogP contribution >= 0.6 is 0 Å². The van der Waals surface area contributed by atoms with Crippen LogP contribution in [0.3, 0.4) is 0 Å². The molecule has 1 N–H and O–H groups in total. The number of hydrogen-bond donors (Lipinski definition) is 1. The van der Waals surface area contributed by atoms with Crippen LogP contribution in [0.2, 0.25) is 0 Å². The summed E-state index contributed by atoms with van der Waals surface area (Å²) in [5, 5.41) is 6.51. The molecule has 0 aliphatic carbocycles. The first-order valence-electron chi connectivity index (χ1n) is 6.88. The normalized spacial score (nSPS) is 10.4. The van der Waals surface area contributed by atoms with Crippen LogP contribution in [-0.4, -0.2) is 25.8 Å². The van der Waals surface area contributed by atoms with Gasteiger partial charge < -0.3 is 14.9 Å². The van der Waals surface area contributed by atoms with Crippen LogP contribution < -0.4 is 10.1 Å². The van der Waals surface area contributed by atoms with Gasteiger partial charge in [-0.25, -0.2) is 0 Å². The summed E-state index contributed by atoms with van der Waals surface area (Å²) >= 11 is 0. The van der Waals surface area contributed by atoms with Crippen LogP contribution in [-0.2, 0) is 16.2 Å². The van der Waals surface area contributed by atoms with E-state index in [1.54, 1.807) is 13.3 Å². The summed E-state index contributed by atoms with van der Waals surface area (Å²) in [4.78, 5) is 16.6. The van der Waals surface area contributed by atoms with E-state index in [1.165, 1.54) is 0 Å². The number of carbonyl (C=O) groups is 1. The number of amides is 1. The Morgan fingerprint density at radius 3 is 2.55 bits per heavy atom. The third-order valence-electron chi connectivity index (χ3n) is 2.92. The monoisotopic (exact) mass is 298 g/mol. The maximum absolute atomic E-state index is 11.6. The molecule has 0 unspecified atom stereocenters. The highest BCUT2D eigenvalue weighted by Crippen LogP contribution is 2.10. The minimum Gasteiger partial charge on any atom is -0.497 e. The summed E-state index contributed by atoms with van der Waals surface area (Å²) in [6.45, 7) is 0.327. The molecule has 114 valence electrons. The van der Waals surface area contributed by atoms with E-state index in [4.69, 9.17) is 9.57 Å². The molecule has 0 aromatic heterocycles. The number of methoxy groups -OCH3 is 1. The Bertz CT molecular complexity index is 610. The first-order valence-corrected chi connectivity index (χ1v) is 6.88. The van der Waals surface area contributed by atoms with Crippen molar-refractivity contribution in [1.29, 1.82) is 0 Å². The zero-order valence-electron chi connectivity index (χ0n) is 12.4. The average molecular weight is 298 g/mol. The number of hydrogen-bond acceptors (Lipinski definition) is 4. The third kappa shape index (κ3) is 5.28. The van der Waals surface area contributed by atoms with Gasteiger partial charge in [0.15, 0.2) is 6.61 Å². The van der Waals surface area contributed by atoms with E-state index in [2.05, 4.69) is 10.5 Å². The molecule has 0 radical (unpaired) electrons. The Kier molecular flexibility index (Phi) is 5.99. The maximum Gasteiger partial charge on any atom is 0.261 e. The van der Waals surface area contributed by atoms with Crippen LogP contribution in [0.1, 0.15) is 11.1 Å². The van der Waals surface area contributed by atoms with Gasteiger partial charge in [-0.05, 0) is 23.3 Å². The molecule has 0 saturated carbocycles. The van der Waals surface area contributed by atoms with Gasteiger partial charge in [0.25, 0.3) is 5.91 Å². The fourth-order valence-electron chi connectivity index (χ4n) is 1.73. The zero-order chi connectivity index (χ0) is 15.6. The zero-order valence-corrected chi connectivity index (χ0v) is 12.4. The molecule has 2 aromatic rings. The lowest BCUT2D eigenvalue weighted by Gasteiger charge is -2.05. The molecular formula is C17H18N2O3. The molecule has 0 atom stereocenters. The van der Waals surface area contributed by atoms with Gasteiger partial charge in [-0.3, -0.25) is 4.79 Å². The molecule has 5 nitrogen and oxygen atoms in total. The van der Waals surface area contributed by atoms with Crippen LogP contribution in [0.4, 0.5) is 0 Å². The van der Waals surface area contributed by atoms with Crippen LogP contribution in [0.25, 0.3) is 0 Å². The number of nitrogens with zero attached hydrogens (tertiary/aromatic N) is 1. The van der Waals surface area contributed by atoms with Gasteiger partial charge in [-0.2, -0.15) is 0 Å². The van der Waals surface area contributed by atoms with Crippen molar-refractivity contribution in [1.82, 2.24) is 5.32 Å². The van der Waals surface area contributed by atoms with E-state index in [0.717, 1.165) is 16.9 Å². The molecule has 1 amide bonds. The highest BCUT2D eigenvalue weighted by molar-refractivity contribution is 5.79. The number of nitrogens with one attached hydrogen (secondary N) is 1. The van der Waals surface area contributed by atoms with Gasteiger partial charge in [-0.1, -0.05) is 47.6 Å². The fourth-order valence-corrected chi connectivity index (χ4v) is 1.73. The Hall–Kier alpha value is -2.82. The lowest BCUT2D eigenvalue weighted by Crippen LogP contribution is -2.26. The van der Waals surface area contributed by atoms with Gasteiger partial charge in [0.2, 0.25) is 0 Å². The highest BCUT2D eigenvalue weighted by Gasteiger charge is 2.01. The molecule has 0 heterocycles. The van der Waals surface area contributed by atoms with E-state index in [1.807, 2.05) is 54.6 Å². The lowest BCUT2D eigenvalue weighted by molar-refractivity contribution is -0.125. The summed E-state index contributed by atoms with van der Waals surface area (Å²) in [6, 6.07) is 17.0. The Morgan fingerprint density at radius 1 is 1.14 bits per heavy atom. The molecule has 2 aromatic carbocycles. The smallest absolute Gasteiger partial charge is 0.261 e. The van der Waals surface area contributed by atoms with Gasteiger partial charge in [0.05, 0.1) is 13.3 Å². The third-order valence-corrected chi connectivity index (χ3v) is 2.92. The molecule has 0 aliphatic heterocycles. The number of ether oxygens (including phenoxy) is 1. The quantitative estimate of drug-likeness (QED) is 0.630. The van der Waals surface area contributed by atoms with Crippen molar-refractivity contribution in [2.24, 2.45) is 5.16 Å². The molecule has 0 saturated heterocycles. The topological polar surface area (TPSA) is 59.9 Å². The molecule has 2 rings (SSSR count). The Labute approximate surface area is 129 Å². The van der Waals surface area contributed by atoms with Gasteiger partial charge >= 0.3 is 0 Å². The van der Waals surface area contributed by atoms with Crippen molar-refractivity contribution in [3.05, 3.63) is 65.7 Å². The van der Waals surface area contributed by atoms with E-state index in [-0.39, 0.29) is 12.5 Å². The average Bonchev–Trinajstić information content (AvgIpc) is 2.58. The van der Waals surface area contributed by atoms with Gasteiger partial charge in [0.1, 0.15) is 5.75 Å². The molecule has 5 heteroatoms. The van der Waals surface area contributed by atoms with Gasteiger partial charge in [-0.15, -0.1) is 0 Å². The number of oxime groups is 1. The van der Waals surface area contributed by atoms with Crippen LogP contribution in [0, 0.1) is 0 Å². The van der Waals surface area contributed by atoms with Crippen molar-refractivity contribution >= 4 is 12.1 Å². The lowest BCUT2D eigenvalue weighted by atomic mass is 10.2. The second kappa shape index (κ2) is 8.46. The Balaban J connectivity index is 1.68. The molecule has 0 aliphatic rings. The summed E-state index contributed by atoms with van der Waals surface area (Å²) in [6.07, 6.45) is 1.57. The molecular weight excluding hydrogens is 280 g/mol. The van der Waals surface area contributed by atoms with Crippen molar-refractivity contribution < 1.29 is 14.4 Å². The predicted octanol–water partition coefficient (Wildman–Crippen LogP) is 2.36. The second-order valence-electron chi connectivity index (χ2n) is 4.54. The summed E-state index contributed by atoms with van der Waals surface area (Å²) in [5.41, 5.74) is 1.91.